The summed E-state index contributed by atoms with van der Waals surface area (Å²) in [6, 6.07) is 11.8. The van der Waals surface area contributed by atoms with E-state index in [0.29, 0.717) is 6.42 Å². The number of para-hydroxylation sites is 1. The average molecular weight is 321 g/mol. The van der Waals surface area contributed by atoms with Gasteiger partial charge in [0.2, 0.25) is 0 Å². The molecule has 1 amide bonds. The van der Waals surface area contributed by atoms with Crippen molar-refractivity contribution in [2.45, 2.75) is 25.4 Å². The van der Waals surface area contributed by atoms with E-state index >= 15 is 0 Å². The maximum atomic E-state index is 12.4. The Kier molecular flexibility index (Phi) is 3.66. The van der Waals surface area contributed by atoms with E-state index in [9.17, 15) is 4.79 Å². The van der Waals surface area contributed by atoms with Gasteiger partial charge >= 0.3 is 0 Å². The Labute approximate surface area is 139 Å². The Bertz CT molecular complexity index is 893. The Morgan fingerprint density at radius 3 is 3.00 bits per heavy atom. The summed E-state index contributed by atoms with van der Waals surface area (Å²) in [6.45, 7) is 2.07. The molecule has 0 saturated heterocycles. The molecule has 3 heterocycles. The predicted molar refractivity (Wildman–Crippen MR) is 93.9 cm³/mol. The highest BCUT2D eigenvalue weighted by molar-refractivity contribution is 5.89. The molecule has 0 saturated carbocycles. The first-order valence-electron chi connectivity index (χ1n) is 8.04. The largest absolute Gasteiger partial charge is 0.360 e. The second-order valence-corrected chi connectivity index (χ2v) is 6.07. The van der Waals surface area contributed by atoms with Crippen LogP contribution in [0.5, 0.6) is 0 Å². The van der Waals surface area contributed by atoms with Crippen molar-refractivity contribution in [1.82, 2.24) is 20.7 Å². The third-order valence-electron chi connectivity index (χ3n) is 4.46. The lowest BCUT2D eigenvalue weighted by Gasteiger charge is -2.27. The summed E-state index contributed by atoms with van der Waals surface area (Å²) < 4.78 is 0. The molecule has 6 heteroatoms. The number of fused-ring (bicyclic) bond motifs is 3. The van der Waals surface area contributed by atoms with Crippen molar-refractivity contribution in [2.24, 2.45) is 5.10 Å². The van der Waals surface area contributed by atoms with Crippen LogP contribution < -0.4 is 10.7 Å². The van der Waals surface area contributed by atoms with Crippen LogP contribution in [0, 0.1) is 0 Å². The molecule has 4 N–H and O–H groups in total. The monoisotopic (exact) mass is 321 g/mol. The zero-order valence-electron chi connectivity index (χ0n) is 13.3. The van der Waals surface area contributed by atoms with E-state index in [2.05, 4.69) is 44.9 Å². The van der Waals surface area contributed by atoms with Crippen molar-refractivity contribution in [3.05, 3.63) is 59.5 Å². The second-order valence-electron chi connectivity index (χ2n) is 6.07. The third-order valence-corrected chi connectivity index (χ3v) is 4.46. The van der Waals surface area contributed by atoms with Gasteiger partial charge in [0.15, 0.2) is 0 Å². The third kappa shape index (κ3) is 2.61. The highest BCUT2D eigenvalue weighted by Crippen LogP contribution is 2.31. The summed E-state index contributed by atoms with van der Waals surface area (Å²) in [6.07, 6.45) is 4.06. The Morgan fingerprint density at radius 2 is 2.17 bits per heavy atom. The summed E-state index contributed by atoms with van der Waals surface area (Å²) >= 11 is 0. The van der Waals surface area contributed by atoms with Gasteiger partial charge in [-0.05, 0) is 37.1 Å². The van der Waals surface area contributed by atoms with E-state index in [1.165, 1.54) is 10.9 Å². The van der Waals surface area contributed by atoms with Gasteiger partial charge in [-0.3, -0.25) is 10.1 Å². The predicted octanol–water partition coefficient (Wildman–Crippen LogP) is 2.22. The quantitative estimate of drug-likeness (QED) is 0.440. The summed E-state index contributed by atoms with van der Waals surface area (Å²) in [4.78, 5) is 18.9. The molecule has 0 radical (unpaired) electrons. The summed E-state index contributed by atoms with van der Waals surface area (Å²) in [5, 5.41) is 8.56. The molecule has 4 rings (SSSR count). The van der Waals surface area contributed by atoms with E-state index in [1.807, 2.05) is 30.5 Å². The first kappa shape index (κ1) is 14.7. The zero-order chi connectivity index (χ0) is 16.5. The van der Waals surface area contributed by atoms with Gasteiger partial charge in [0.25, 0.3) is 5.91 Å². The van der Waals surface area contributed by atoms with Crippen LogP contribution >= 0.6 is 0 Å². The molecule has 1 aliphatic heterocycles. The Hall–Kier alpha value is -2.86. The summed E-state index contributed by atoms with van der Waals surface area (Å²) in [5.41, 5.74) is 6.95. The molecule has 3 aromatic rings. The van der Waals surface area contributed by atoms with Gasteiger partial charge in [0.1, 0.15) is 0 Å². The average Bonchev–Trinajstić information content (AvgIpc) is 3.22. The molecule has 0 spiro atoms. The molecule has 6 nitrogen and oxygen atoms in total. The zero-order valence-corrected chi connectivity index (χ0v) is 13.3. The first-order valence-corrected chi connectivity index (χ1v) is 8.04. The molecule has 1 aromatic carbocycles. The fourth-order valence-electron chi connectivity index (χ4n) is 3.29. The molecule has 2 unspecified atom stereocenters. The van der Waals surface area contributed by atoms with Crippen molar-refractivity contribution in [3.8, 4) is 0 Å². The highest BCUT2D eigenvalue weighted by Gasteiger charge is 2.30. The van der Waals surface area contributed by atoms with Gasteiger partial charge in [-0.1, -0.05) is 18.2 Å². The number of hydrogen-bond acceptors (Lipinski definition) is 3. The van der Waals surface area contributed by atoms with Crippen molar-refractivity contribution >= 4 is 23.0 Å². The minimum Gasteiger partial charge on any atom is -0.360 e. The van der Waals surface area contributed by atoms with Gasteiger partial charge < -0.3 is 9.97 Å². The molecule has 122 valence electrons. The molecule has 0 bridgehead atoms. The minimum atomic E-state index is -0.299. The number of H-pyrrole nitrogens is 2. The minimum absolute atomic E-state index is 0.0873. The number of aromatic nitrogens is 2. The number of carbonyl (C=O) groups is 1. The second kappa shape index (κ2) is 5.98. The Balaban J connectivity index is 1.52. The Morgan fingerprint density at radius 1 is 1.29 bits per heavy atom. The van der Waals surface area contributed by atoms with Crippen LogP contribution in [0.2, 0.25) is 0 Å². The van der Waals surface area contributed by atoms with Gasteiger partial charge in [0, 0.05) is 28.8 Å². The molecule has 2 aromatic heterocycles. The lowest BCUT2D eigenvalue weighted by molar-refractivity contribution is -0.123. The molecule has 0 fully saturated rings. The molecule has 0 aliphatic carbocycles. The van der Waals surface area contributed by atoms with E-state index in [1.54, 1.807) is 6.21 Å². The van der Waals surface area contributed by atoms with Crippen LogP contribution in [0.25, 0.3) is 10.9 Å². The molecular weight excluding hydrogens is 302 g/mol. The highest BCUT2D eigenvalue weighted by atomic mass is 16.2. The van der Waals surface area contributed by atoms with Crippen LogP contribution in [-0.2, 0) is 11.2 Å². The van der Waals surface area contributed by atoms with Gasteiger partial charge in [-0.15, -0.1) is 0 Å². The van der Waals surface area contributed by atoms with Crippen molar-refractivity contribution in [3.63, 3.8) is 0 Å². The van der Waals surface area contributed by atoms with Crippen molar-refractivity contribution < 1.29 is 4.79 Å². The lowest BCUT2D eigenvalue weighted by Crippen LogP contribution is -2.47. The lowest BCUT2D eigenvalue weighted by atomic mass is 9.94. The fourth-order valence-corrected chi connectivity index (χ4v) is 3.29. The fraction of sp³-hybridized carbons (Fsp3) is 0.222. The van der Waals surface area contributed by atoms with Crippen LogP contribution in [0.15, 0.2) is 47.7 Å². The maximum absolute atomic E-state index is 12.4. The standard InChI is InChI=1S/C18H19N5O/c1-11-17-14(13-6-2-3-7-15(13)22-17)9-16(21-11)18(24)23-20-10-12-5-4-8-19-12/h2-8,10-11,16,19,21-22H,9H2,1H3,(H,23,24)/b20-10+. The SMILES string of the molecule is CC1NC(C(=O)N/N=C/c2ccc[nH]2)Cc2c1[nH]c1ccccc21. The maximum Gasteiger partial charge on any atom is 0.257 e. The molecule has 1 aliphatic rings. The number of nitrogens with zero attached hydrogens (tertiary/aromatic N) is 1. The van der Waals surface area contributed by atoms with E-state index < -0.39 is 0 Å². The van der Waals surface area contributed by atoms with Gasteiger partial charge in [-0.25, -0.2) is 5.43 Å². The normalized spacial score (nSPS) is 20.4. The number of carbonyl (C=O) groups excluding carboxylic acids is 1. The summed E-state index contributed by atoms with van der Waals surface area (Å²) in [5.74, 6) is -0.124. The number of amides is 1. The number of nitrogens with one attached hydrogen (secondary N) is 4. The van der Waals surface area contributed by atoms with E-state index in [-0.39, 0.29) is 18.0 Å². The summed E-state index contributed by atoms with van der Waals surface area (Å²) in [7, 11) is 0. The number of rotatable bonds is 3. The van der Waals surface area contributed by atoms with Crippen LogP contribution in [-0.4, -0.2) is 28.1 Å². The number of aromatic amines is 2. The van der Waals surface area contributed by atoms with Crippen LogP contribution in [0.1, 0.15) is 29.9 Å². The van der Waals surface area contributed by atoms with Gasteiger partial charge in [0.05, 0.1) is 18.0 Å². The smallest absolute Gasteiger partial charge is 0.257 e. The number of hydrogen-bond donors (Lipinski definition) is 4. The van der Waals surface area contributed by atoms with E-state index in [0.717, 1.165) is 16.9 Å². The van der Waals surface area contributed by atoms with E-state index in [4.69, 9.17) is 0 Å². The first-order chi connectivity index (χ1) is 11.7. The number of benzene rings is 1. The van der Waals surface area contributed by atoms with Crippen molar-refractivity contribution in [1.29, 1.82) is 0 Å². The van der Waals surface area contributed by atoms with Crippen LogP contribution in [0.3, 0.4) is 0 Å². The van der Waals surface area contributed by atoms with Crippen molar-refractivity contribution in [2.75, 3.05) is 0 Å². The molecule has 24 heavy (non-hydrogen) atoms. The van der Waals surface area contributed by atoms with Crippen LogP contribution in [0.4, 0.5) is 0 Å². The topological polar surface area (TPSA) is 85.1 Å². The van der Waals surface area contributed by atoms with Gasteiger partial charge in [-0.2, -0.15) is 5.10 Å². The number of hydrazone groups is 1. The molecule has 2 atom stereocenters. The molecular formula is C18H19N5O.